The van der Waals surface area contributed by atoms with Gasteiger partial charge in [0.25, 0.3) is 0 Å². The lowest BCUT2D eigenvalue weighted by Gasteiger charge is -2.31. The van der Waals surface area contributed by atoms with Crippen molar-refractivity contribution >= 4 is 11.9 Å². The van der Waals surface area contributed by atoms with Crippen LogP contribution in [-0.4, -0.2) is 18.5 Å². The maximum Gasteiger partial charge on any atom is 0.315 e. The second kappa shape index (κ2) is 8.82. The summed E-state index contributed by atoms with van der Waals surface area (Å²) in [5.41, 5.74) is 1.11. The van der Waals surface area contributed by atoms with Gasteiger partial charge >= 0.3 is 6.03 Å². The Labute approximate surface area is 162 Å². The molecule has 2 aromatic carbocycles. The van der Waals surface area contributed by atoms with Gasteiger partial charge < -0.3 is 16.0 Å². The molecule has 3 N–H and O–H groups in total. The molecule has 7 heteroatoms. The molecule has 148 valence electrons. The summed E-state index contributed by atoms with van der Waals surface area (Å²) in [6, 6.07) is 11.5. The van der Waals surface area contributed by atoms with Crippen LogP contribution in [0.4, 0.5) is 13.6 Å². The molecule has 0 atom stereocenters. The quantitative estimate of drug-likeness (QED) is 0.711. The molecule has 5 nitrogen and oxygen atoms in total. The summed E-state index contributed by atoms with van der Waals surface area (Å²) < 4.78 is 26.1. The Balaban J connectivity index is 1.50. The zero-order valence-electron chi connectivity index (χ0n) is 15.4. The summed E-state index contributed by atoms with van der Waals surface area (Å²) >= 11 is 0. The van der Waals surface area contributed by atoms with E-state index in [1.54, 1.807) is 24.3 Å². The third-order valence-corrected chi connectivity index (χ3v) is 5.01. The van der Waals surface area contributed by atoms with Crippen LogP contribution in [0.3, 0.4) is 0 Å². The highest BCUT2D eigenvalue weighted by molar-refractivity contribution is 5.84. The molecule has 1 aliphatic rings. The van der Waals surface area contributed by atoms with E-state index in [2.05, 4.69) is 16.0 Å². The maximum absolute atomic E-state index is 13.2. The predicted molar refractivity (Wildman–Crippen MR) is 101 cm³/mol. The van der Waals surface area contributed by atoms with Crippen LogP contribution in [-0.2, 0) is 16.9 Å². The number of benzene rings is 2. The van der Waals surface area contributed by atoms with E-state index in [1.165, 1.54) is 24.3 Å². The van der Waals surface area contributed by atoms with E-state index < -0.39 is 11.6 Å². The fourth-order valence-electron chi connectivity index (χ4n) is 3.55. The lowest BCUT2D eigenvalue weighted by molar-refractivity contribution is -0.122. The molecule has 0 bridgehead atoms. The van der Waals surface area contributed by atoms with Gasteiger partial charge in [0.05, 0.1) is 12.1 Å². The van der Waals surface area contributed by atoms with Gasteiger partial charge in [-0.3, -0.25) is 4.79 Å². The van der Waals surface area contributed by atoms with Crippen LogP contribution < -0.4 is 16.0 Å². The van der Waals surface area contributed by atoms with Crippen LogP contribution in [0.25, 0.3) is 0 Å². The monoisotopic (exact) mass is 387 g/mol. The van der Waals surface area contributed by atoms with Gasteiger partial charge in [0.15, 0.2) is 0 Å². The van der Waals surface area contributed by atoms with Crippen molar-refractivity contribution in [2.45, 2.75) is 37.8 Å². The summed E-state index contributed by atoms with van der Waals surface area (Å²) in [5, 5.41) is 8.16. The van der Waals surface area contributed by atoms with E-state index in [1.807, 2.05) is 0 Å². The zero-order valence-corrected chi connectivity index (χ0v) is 15.4. The Morgan fingerprint density at radius 3 is 2.04 bits per heavy atom. The number of urea groups is 1. The minimum Gasteiger partial charge on any atom is -0.345 e. The minimum absolute atomic E-state index is 0.168. The van der Waals surface area contributed by atoms with Crippen LogP contribution in [0.15, 0.2) is 48.5 Å². The van der Waals surface area contributed by atoms with Gasteiger partial charge in [0.2, 0.25) is 5.91 Å². The third-order valence-electron chi connectivity index (χ3n) is 5.01. The molecule has 0 saturated heterocycles. The first-order valence-corrected chi connectivity index (χ1v) is 9.30. The van der Waals surface area contributed by atoms with Gasteiger partial charge in [-0.25, -0.2) is 13.6 Å². The van der Waals surface area contributed by atoms with E-state index in [0.717, 1.165) is 36.8 Å². The van der Waals surface area contributed by atoms with Crippen molar-refractivity contribution in [3.8, 4) is 0 Å². The Kier molecular flexibility index (Phi) is 6.23. The van der Waals surface area contributed by atoms with Crippen molar-refractivity contribution in [3.05, 3.63) is 71.3 Å². The van der Waals surface area contributed by atoms with Crippen LogP contribution in [0.1, 0.15) is 36.8 Å². The topological polar surface area (TPSA) is 70.2 Å². The Bertz CT molecular complexity index is 817. The number of halogens is 2. The first kappa shape index (κ1) is 19.8. The highest BCUT2D eigenvalue weighted by Crippen LogP contribution is 2.38. The van der Waals surface area contributed by atoms with Gasteiger partial charge in [-0.1, -0.05) is 37.1 Å². The van der Waals surface area contributed by atoms with E-state index >= 15 is 0 Å². The van der Waals surface area contributed by atoms with Gasteiger partial charge in [0, 0.05) is 6.54 Å². The molecular formula is C21H23F2N3O2. The fraction of sp³-hybridized carbons (Fsp3) is 0.333. The number of carbonyl (C=O) groups is 2. The Hall–Kier alpha value is -2.96. The average molecular weight is 387 g/mol. The summed E-state index contributed by atoms with van der Waals surface area (Å²) in [7, 11) is 0. The number of rotatable bonds is 6. The third kappa shape index (κ3) is 5.06. The second-order valence-electron chi connectivity index (χ2n) is 7.01. The SMILES string of the molecule is O=C(CNC(=O)NCc1ccc(F)cc1)NC1(c2ccc(F)cc2)CCCC1. The van der Waals surface area contributed by atoms with Crippen molar-refractivity contribution in [2.75, 3.05) is 6.54 Å². The van der Waals surface area contributed by atoms with Gasteiger partial charge in [-0.05, 0) is 48.2 Å². The summed E-state index contributed by atoms with van der Waals surface area (Å²) in [6.07, 6.45) is 3.51. The van der Waals surface area contributed by atoms with Gasteiger partial charge in [0.1, 0.15) is 11.6 Å². The number of carbonyl (C=O) groups excluding carboxylic acids is 2. The molecule has 1 aliphatic carbocycles. The van der Waals surface area contributed by atoms with Crippen molar-refractivity contribution < 1.29 is 18.4 Å². The first-order valence-electron chi connectivity index (χ1n) is 9.30. The summed E-state index contributed by atoms with van der Waals surface area (Å²) in [6.45, 7) is 0.0610. The van der Waals surface area contributed by atoms with Gasteiger partial charge in [-0.15, -0.1) is 0 Å². The molecule has 1 saturated carbocycles. The molecule has 3 rings (SSSR count). The molecule has 28 heavy (non-hydrogen) atoms. The van der Waals surface area contributed by atoms with Crippen molar-refractivity contribution in [2.24, 2.45) is 0 Å². The van der Waals surface area contributed by atoms with E-state index in [0.29, 0.717) is 0 Å². The largest absolute Gasteiger partial charge is 0.345 e. The lowest BCUT2D eigenvalue weighted by atomic mass is 9.88. The van der Waals surface area contributed by atoms with Gasteiger partial charge in [-0.2, -0.15) is 0 Å². The molecule has 0 aliphatic heterocycles. The van der Waals surface area contributed by atoms with E-state index in [4.69, 9.17) is 0 Å². The van der Waals surface area contributed by atoms with Crippen LogP contribution in [0.2, 0.25) is 0 Å². The second-order valence-corrected chi connectivity index (χ2v) is 7.01. The first-order chi connectivity index (χ1) is 13.5. The number of nitrogens with one attached hydrogen (secondary N) is 3. The molecule has 2 aromatic rings. The Morgan fingerprint density at radius 1 is 0.857 bits per heavy atom. The Morgan fingerprint density at radius 2 is 1.43 bits per heavy atom. The standard InChI is InChI=1S/C21H23F2N3O2/c22-17-7-3-15(4-8-17)13-24-20(28)25-14-19(27)26-21(11-1-2-12-21)16-5-9-18(23)10-6-16/h3-10H,1-2,11-14H2,(H,26,27)(H2,24,25,28). The normalized spacial score (nSPS) is 15.1. The molecule has 0 aromatic heterocycles. The maximum atomic E-state index is 13.2. The van der Waals surface area contributed by atoms with Crippen LogP contribution in [0, 0.1) is 11.6 Å². The van der Waals surface area contributed by atoms with E-state index in [9.17, 15) is 18.4 Å². The highest BCUT2D eigenvalue weighted by Gasteiger charge is 2.36. The molecule has 0 spiro atoms. The summed E-state index contributed by atoms with van der Waals surface area (Å²) in [5.74, 6) is -0.960. The highest BCUT2D eigenvalue weighted by atomic mass is 19.1. The number of amides is 3. The molecule has 0 heterocycles. The molecule has 0 radical (unpaired) electrons. The van der Waals surface area contributed by atoms with Crippen molar-refractivity contribution in [3.63, 3.8) is 0 Å². The number of hydrogen-bond donors (Lipinski definition) is 3. The van der Waals surface area contributed by atoms with E-state index in [-0.39, 0.29) is 30.6 Å². The van der Waals surface area contributed by atoms with Crippen molar-refractivity contribution in [1.29, 1.82) is 0 Å². The van der Waals surface area contributed by atoms with Crippen molar-refractivity contribution in [1.82, 2.24) is 16.0 Å². The predicted octanol–water partition coefficient (Wildman–Crippen LogP) is 3.35. The van der Waals surface area contributed by atoms with Crippen LogP contribution in [0.5, 0.6) is 0 Å². The summed E-state index contributed by atoms with van der Waals surface area (Å²) in [4.78, 5) is 24.3. The lowest BCUT2D eigenvalue weighted by Crippen LogP contribution is -2.49. The smallest absolute Gasteiger partial charge is 0.315 e. The molecular weight excluding hydrogens is 364 g/mol. The van der Waals surface area contributed by atoms with Crippen LogP contribution >= 0.6 is 0 Å². The number of hydrogen-bond acceptors (Lipinski definition) is 2. The molecule has 3 amide bonds. The zero-order chi connectivity index (χ0) is 20.0. The molecule has 1 fully saturated rings. The molecule has 0 unspecified atom stereocenters. The minimum atomic E-state index is -0.517. The average Bonchev–Trinajstić information content (AvgIpc) is 3.16. The fourth-order valence-corrected chi connectivity index (χ4v) is 3.55.